The van der Waals surface area contributed by atoms with Gasteiger partial charge in [0.15, 0.2) is 6.61 Å². The molecular weight excluding hydrogens is 361 g/mol. The number of carbonyl (C=O) groups excluding carboxylic acids is 1. The van der Waals surface area contributed by atoms with Gasteiger partial charge in [0.1, 0.15) is 17.4 Å². The number of amides is 1. The molecule has 0 radical (unpaired) electrons. The summed E-state index contributed by atoms with van der Waals surface area (Å²) in [4.78, 5) is 31.5. The summed E-state index contributed by atoms with van der Waals surface area (Å²) in [5.74, 6) is 0.136. The number of fused-ring (bicyclic) bond motifs is 1. The van der Waals surface area contributed by atoms with Crippen molar-refractivity contribution in [3.8, 4) is 17.1 Å². The average molecular weight is 383 g/mol. The summed E-state index contributed by atoms with van der Waals surface area (Å²) in [5, 5.41) is 3.05. The molecule has 7 heteroatoms. The number of rotatable bonds is 4. The van der Waals surface area contributed by atoms with Crippen LogP contribution in [-0.2, 0) is 4.79 Å². The van der Waals surface area contributed by atoms with E-state index in [1.54, 1.807) is 31.2 Å². The highest BCUT2D eigenvalue weighted by molar-refractivity contribution is 5.83. The summed E-state index contributed by atoms with van der Waals surface area (Å²) >= 11 is 0. The zero-order valence-electron chi connectivity index (χ0n) is 16.2. The van der Waals surface area contributed by atoms with Crippen LogP contribution in [0.3, 0.4) is 0 Å². The summed E-state index contributed by atoms with van der Waals surface area (Å²) < 4.78 is 19.3. The molecule has 0 unspecified atom stereocenters. The molecule has 0 saturated heterocycles. The molecule has 146 valence electrons. The number of hydrogen-bond acceptors (Lipinski definition) is 4. The number of aryl methyl sites for hydroxylation is 1. The Bertz CT molecular complexity index is 1100. The van der Waals surface area contributed by atoms with Crippen molar-refractivity contribution in [2.24, 2.45) is 0 Å². The number of hydrogen-bond donors (Lipinski definition) is 2. The van der Waals surface area contributed by atoms with Gasteiger partial charge in [-0.2, -0.15) is 0 Å². The second-order valence-corrected chi connectivity index (χ2v) is 7.60. The molecule has 0 atom stereocenters. The summed E-state index contributed by atoms with van der Waals surface area (Å²) in [5.41, 5.74) is 0.546. The monoisotopic (exact) mass is 383 g/mol. The minimum absolute atomic E-state index is 0.124. The highest BCUT2D eigenvalue weighted by atomic mass is 19.1. The third-order valence-corrected chi connectivity index (χ3v) is 4.06. The molecule has 0 aliphatic heterocycles. The van der Waals surface area contributed by atoms with Crippen molar-refractivity contribution in [1.29, 1.82) is 0 Å². The maximum atomic E-state index is 13.7. The standard InChI is InChI=1S/C21H22FN3O3/c1-12-15(22)8-9-16-18(12)20(27)24-19(23-16)13-6-5-7-14(10-13)28-11-17(26)25-21(2,3)4/h5-10H,11H2,1-4H3,(H,25,26)(H,23,24,27). The highest BCUT2D eigenvalue weighted by Crippen LogP contribution is 2.23. The Morgan fingerprint density at radius 1 is 1.25 bits per heavy atom. The van der Waals surface area contributed by atoms with Crippen molar-refractivity contribution in [2.75, 3.05) is 6.61 Å². The second kappa shape index (κ2) is 7.42. The Morgan fingerprint density at radius 2 is 2.00 bits per heavy atom. The summed E-state index contributed by atoms with van der Waals surface area (Å²) in [7, 11) is 0. The number of benzene rings is 2. The van der Waals surface area contributed by atoms with E-state index >= 15 is 0 Å². The third-order valence-electron chi connectivity index (χ3n) is 4.06. The smallest absolute Gasteiger partial charge is 0.259 e. The number of aromatic nitrogens is 2. The molecule has 0 aliphatic carbocycles. The maximum Gasteiger partial charge on any atom is 0.259 e. The van der Waals surface area contributed by atoms with E-state index in [1.807, 2.05) is 20.8 Å². The van der Waals surface area contributed by atoms with Crippen LogP contribution in [0.2, 0.25) is 0 Å². The van der Waals surface area contributed by atoms with E-state index in [4.69, 9.17) is 4.74 Å². The molecule has 3 rings (SSSR count). The molecule has 0 saturated carbocycles. The van der Waals surface area contributed by atoms with Crippen LogP contribution in [0.4, 0.5) is 4.39 Å². The van der Waals surface area contributed by atoms with Gasteiger partial charge in [-0.05, 0) is 57.5 Å². The number of carbonyl (C=O) groups is 1. The minimum Gasteiger partial charge on any atom is -0.484 e. The number of nitrogens with one attached hydrogen (secondary N) is 2. The molecule has 28 heavy (non-hydrogen) atoms. The first-order valence-corrected chi connectivity index (χ1v) is 8.87. The maximum absolute atomic E-state index is 13.7. The van der Waals surface area contributed by atoms with Crippen molar-refractivity contribution in [3.05, 3.63) is 58.1 Å². The number of ether oxygens (including phenoxy) is 1. The van der Waals surface area contributed by atoms with E-state index in [0.717, 1.165) is 0 Å². The number of H-pyrrole nitrogens is 1. The van der Waals surface area contributed by atoms with Crippen molar-refractivity contribution in [1.82, 2.24) is 15.3 Å². The van der Waals surface area contributed by atoms with Gasteiger partial charge in [-0.3, -0.25) is 9.59 Å². The molecule has 0 bridgehead atoms. The van der Waals surface area contributed by atoms with Crippen molar-refractivity contribution in [3.63, 3.8) is 0 Å². The van der Waals surface area contributed by atoms with Gasteiger partial charge in [0, 0.05) is 11.1 Å². The summed E-state index contributed by atoms with van der Waals surface area (Å²) in [6, 6.07) is 9.68. The Kier molecular flexibility index (Phi) is 5.18. The fourth-order valence-electron chi connectivity index (χ4n) is 2.84. The predicted octanol–water partition coefficient (Wildman–Crippen LogP) is 3.33. The van der Waals surface area contributed by atoms with Gasteiger partial charge in [-0.15, -0.1) is 0 Å². The summed E-state index contributed by atoms with van der Waals surface area (Å²) in [6.07, 6.45) is 0. The lowest BCUT2D eigenvalue weighted by Gasteiger charge is -2.20. The molecule has 3 aromatic rings. The molecule has 0 spiro atoms. The largest absolute Gasteiger partial charge is 0.484 e. The van der Waals surface area contributed by atoms with Crippen LogP contribution in [-0.4, -0.2) is 28.0 Å². The van der Waals surface area contributed by atoms with Gasteiger partial charge in [-0.25, -0.2) is 9.37 Å². The molecule has 2 N–H and O–H groups in total. The minimum atomic E-state index is -0.448. The van der Waals surface area contributed by atoms with Crippen molar-refractivity contribution >= 4 is 16.8 Å². The van der Waals surface area contributed by atoms with Gasteiger partial charge in [-0.1, -0.05) is 12.1 Å². The fourth-order valence-corrected chi connectivity index (χ4v) is 2.84. The molecule has 1 aromatic heterocycles. The lowest BCUT2D eigenvalue weighted by Crippen LogP contribution is -2.43. The van der Waals surface area contributed by atoms with Crippen LogP contribution < -0.4 is 15.6 Å². The van der Waals surface area contributed by atoms with Gasteiger partial charge in [0.2, 0.25) is 0 Å². The van der Waals surface area contributed by atoms with E-state index in [2.05, 4.69) is 15.3 Å². The van der Waals surface area contributed by atoms with Crippen molar-refractivity contribution in [2.45, 2.75) is 33.2 Å². The van der Waals surface area contributed by atoms with Gasteiger partial charge >= 0.3 is 0 Å². The first-order chi connectivity index (χ1) is 13.1. The predicted molar refractivity (Wildman–Crippen MR) is 106 cm³/mol. The average Bonchev–Trinajstić information content (AvgIpc) is 2.61. The van der Waals surface area contributed by atoms with Gasteiger partial charge in [0.25, 0.3) is 11.5 Å². The fraction of sp³-hybridized carbons (Fsp3) is 0.286. The quantitative estimate of drug-likeness (QED) is 0.724. The normalized spacial score (nSPS) is 11.5. The topological polar surface area (TPSA) is 84.1 Å². The zero-order valence-corrected chi connectivity index (χ0v) is 16.2. The van der Waals surface area contributed by atoms with Crippen LogP contribution in [0.5, 0.6) is 5.75 Å². The lowest BCUT2D eigenvalue weighted by atomic mass is 10.1. The van der Waals surface area contributed by atoms with Crippen LogP contribution >= 0.6 is 0 Å². The molecular formula is C21H22FN3O3. The van der Waals surface area contributed by atoms with E-state index in [1.165, 1.54) is 12.1 Å². The third kappa shape index (κ3) is 4.36. The highest BCUT2D eigenvalue weighted by Gasteiger charge is 2.15. The van der Waals surface area contributed by atoms with Crippen LogP contribution in [0.15, 0.2) is 41.2 Å². The first kappa shape index (κ1) is 19.5. The van der Waals surface area contributed by atoms with Gasteiger partial charge < -0.3 is 15.0 Å². The second-order valence-electron chi connectivity index (χ2n) is 7.60. The molecule has 0 fully saturated rings. The first-order valence-electron chi connectivity index (χ1n) is 8.87. The molecule has 1 heterocycles. The van der Waals surface area contributed by atoms with Crippen molar-refractivity contribution < 1.29 is 13.9 Å². The lowest BCUT2D eigenvalue weighted by molar-refractivity contribution is -0.124. The summed E-state index contributed by atoms with van der Waals surface area (Å²) in [6.45, 7) is 7.09. The van der Waals surface area contributed by atoms with E-state index in [-0.39, 0.29) is 29.0 Å². The molecule has 6 nitrogen and oxygen atoms in total. The zero-order chi connectivity index (χ0) is 20.5. The van der Waals surface area contributed by atoms with Gasteiger partial charge in [0.05, 0.1) is 10.9 Å². The Hall–Kier alpha value is -3.22. The van der Waals surface area contributed by atoms with Crippen LogP contribution in [0.1, 0.15) is 26.3 Å². The molecule has 0 aliphatic rings. The number of halogens is 1. The van der Waals surface area contributed by atoms with E-state index in [9.17, 15) is 14.0 Å². The Labute approximate surface area is 161 Å². The van der Waals surface area contributed by atoms with E-state index < -0.39 is 11.4 Å². The number of aromatic amines is 1. The van der Waals surface area contributed by atoms with Crippen LogP contribution in [0, 0.1) is 12.7 Å². The Balaban J connectivity index is 1.87. The SMILES string of the molecule is Cc1c(F)ccc2nc(-c3cccc(OCC(=O)NC(C)(C)C)c3)[nH]c(=O)c12. The number of nitrogens with zero attached hydrogens (tertiary/aromatic N) is 1. The van der Waals surface area contributed by atoms with Crippen LogP contribution in [0.25, 0.3) is 22.3 Å². The molecule has 2 aromatic carbocycles. The Morgan fingerprint density at radius 3 is 2.71 bits per heavy atom. The van der Waals surface area contributed by atoms with E-state index in [0.29, 0.717) is 22.7 Å². The molecule has 1 amide bonds.